The van der Waals surface area contributed by atoms with Crippen molar-refractivity contribution in [2.45, 2.75) is 13.0 Å². The smallest absolute Gasteiger partial charge is 0.252 e. The molecule has 39 heavy (non-hydrogen) atoms. The van der Waals surface area contributed by atoms with E-state index < -0.39 is 24.5 Å². The Morgan fingerprint density at radius 2 is 1.36 bits per heavy atom. The van der Waals surface area contributed by atoms with E-state index in [9.17, 15) is 29.1 Å². The van der Waals surface area contributed by atoms with Crippen molar-refractivity contribution in [3.63, 3.8) is 0 Å². The summed E-state index contributed by atoms with van der Waals surface area (Å²) in [5, 5.41) is 12.5. The molecule has 1 aliphatic carbocycles. The minimum atomic E-state index is -1.16. The van der Waals surface area contributed by atoms with Gasteiger partial charge in [-0.05, 0) is 49.4 Å². The summed E-state index contributed by atoms with van der Waals surface area (Å²) in [7, 11) is 0. The van der Waals surface area contributed by atoms with Crippen molar-refractivity contribution in [1.82, 2.24) is 10.2 Å². The number of piperazine rings is 1. The number of nitrogens with zero attached hydrogens (tertiary/aromatic N) is 2. The van der Waals surface area contributed by atoms with Gasteiger partial charge in [-0.25, -0.2) is 0 Å². The van der Waals surface area contributed by atoms with E-state index >= 15 is 0 Å². The molecule has 1 fully saturated rings. The molecule has 3 aromatic carbocycles. The minimum absolute atomic E-state index is 0.00475. The number of hydrogen-bond donors (Lipinski definition) is 2. The second-order valence-corrected chi connectivity index (χ2v) is 9.59. The summed E-state index contributed by atoms with van der Waals surface area (Å²) in [5.41, 5.74) is 2.65. The molecular weight excluding hydrogens is 498 g/mol. The van der Waals surface area contributed by atoms with E-state index in [2.05, 4.69) is 10.2 Å². The van der Waals surface area contributed by atoms with Crippen LogP contribution in [0.4, 0.5) is 5.69 Å². The Kier molecular flexibility index (Phi) is 7.08. The summed E-state index contributed by atoms with van der Waals surface area (Å²) in [5.74, 6) is -1.68. The molecule has 0 radical (unpaired) electrons. The Hall–Kier alpha value is -4.63. The molecule has 9 heteroatoms. The summed E-state index contributed by atoms with van der Waals surface area (Å²) >= 11 is 0. The van der Waals surface area contributed by atoms with Gasteiger partial charge in [0.15, 0.2) is 17.3 Å². The van der Waals surface area contributed by atoms with Crippen LogP contribution in [0.3, 0.4) is 0 Å². The Morgan fingerprint density at radius 1 is 0.795 bits per heavy atom. The molecule has 2 N–H and O–H groups in total. The molecule has 0 aromatic heterocycles. The number of anilines is 1. The molecular formula is C30H27N3O6. The lowest BCUT2D eigenvalue weighted by Crippen LogP contribution is -2.56. The molecule has 0 unspecified atom stereocenters. The Bertz CT molecular complexity index is 1490. The molecule has 0 bridgehead atoms. The van der Waals surface area contributed by atoms with Gasteiger partial charge < -0.3 is 20.2 Å². The zero-order valence-electron chi connectivity index (χ0n) is 21.3. The van der Waals surface area contributed by atoms with Crippen molar-refractivity contribution in [3.8, 4) is 0 Å². The normalized spacial score (nSPS) is 15.3. The molecule has 1 heterocycles. The quantitative estimate of drug-likeness (QED) is 0.370. The van der Waals surface area contributed by atoms with Gasteiger partial charge >= 0.3 is 0 Å². The van der Waals surface area contributed by atoms with Crippen molar-refractivity contribution in [1.29, 1.82) is 0 Å². The maximum Gasteiger partial charge on any atom is 0.252 e. The van der Waals surface area contributed by atoms with Crippen molar-refractivity contribution >= 4 is 34.9 Å². The van der Waals surface area contributed by atoms with Crippen LogP contribution in [0.2, 0.25) is 0 Å². The van der Waals surface area contributed by atoms with Crippen LogP contribution in [0.15, 0.2) is 66.7 Å². The molecule has 3 aromatic rings. The fourth-order valence-corrected chi connectivity index (χ4v) is 4.98. The fourth-order valence-electron chi connectivity index (χ4n) is 4.98. The Balaban J connectivity index is 1.24. The topological polar surface area (TPSA) is 124 Å². The number of benzene rings is 3. The number of Topliss-reactive ketones (excluding diaryl/α,β-unsaturated/α-hetero) is 1. The van der Waals surface area contributed by atoms with Crippen molar-refractivity contribution in [2.24, 2.45) is 0 Å². The second kappa shape index (κ2) is 10.6. The SMILES string of the molecule is CC(=O)c1ccc(N2CCN(C(=O)[C@H](CO)NC(=O)c3ccc4c(c3)C(=O)c3ccccc3C4=O)CC2)cc1. The van der Waals surface area contributed by atoms with Gasteiger partial charge in [0.25, 0.3) is 5.91 Å². The highest BCUT2D eigenvalue weighted by Crippen LogP contribution is 2.28. The van der Waals surface area contributed by atoms with Gasteiger partial charge in [0.05, 0.1) is 6.61 Å². The molecule has 9 nitrogen and oxygen atoms in total. The second-order valence-electron chi connectivity index (χ2n) is 9.59. The number of hydrogen-bond acceptors (Lipinski definition) is 7. The van der Waals surface area contributed by atoms with Crippen molar-refractivity contribution in [3.05, 3.63) is 100 Å². The first-order valence-corrected chi connectivity index (χ1v) is 12.7. The number of carbonyl (C=O) groups is 5. The maximum absolute atomic E-state index is 13.1. The summed E-state index contributed by atoms with van der Waals surface area (Å²) in [6, 6.07) is 16.9. The number of aliphatic hydroxyl groups excluding tert-OH is 1. The lowest BCUT2D eigenvalue weighted by molar-refractivity contribution is -0.134. The van der Waals surface area contributed by atoms with Gasteiger partial charge in [-0.3, -0.25) is 24.0 Å². The number of aliphatic hydroxyl groups is 1. The first-order chi connectivity index (χ1) is 18.8. The van der Waals surface area contributed by atoms with E-state index in [1.54, 1.807) is 41.3 Å². The van der Waals surface area contributed by atoms with Crippen LogP contribution in [0.5, 0.6) is 0 Å². The van der Waals surface area contributed by atoms with Crippen molar-refractivity contribution < 1.29 is 29.1 Å². The molecule has 5 rings (SSSR count). The van der Waals surface area contributed by atoms with Crippen LogP contribution in [0, 0.1) is 0 Å². The lowest BCUT2D eigenvalue weighted by Gasteiger charge is -2.37. The monoisotopic (exact) mass is 525 g/mol. The summed E-state index contributed by atoms with van der Waals surface area (Å²) < 4.78 is 0. The zero-order chi connectivity index (χ0) is 27.7. The highest BCUT2D eigenvalue weighted by molar-refractivity contribution is 6.28. The molecule has 1 atom stereocenters. The highest BCUT2D eigenvalue weighted by atomic mass is 16.3. The average molecular weight is 526 g/mol. The number of nitrogens with one attached hydrogen (secondary N) is 1. The van der Waals surface area contributed by atoms with E-state index in [-0.39, 0.29) is 39.6 Å². The maximum atomic E-state index is 13.1. The third-order valence-corrected chi connectivity index (χ3v) is 7.20. The summed E-state index contributed by atoms with van der Waals surface area (Å²) in [6.07, 6.45) is 0. The van der Waals surface area contributed by atoms with E-state index in [1.165, 1.54) is 25.1 Å². The standard InChI is InChI=1S/C30H27N3O6/c1-18(35)19-6-9-21(10-7-19)32-12-14-33(15-13-32)30(39)26(17-34)31-29(38)20-8-11-24-25(16-20)28(37)23-5-3-2-4-22(23)27(24)36/h2-11,16,26,34H,12-15,17H2,1H3,(H,31,38)/t26-/m0/s1. The van der Waals surface area contributed by atoms with Crippen molar-refractivity contribution in [2.75, 3.05) is 37.7 Å². The number of ketones is 3. The zero-order valence-corrected chi connectivity index (χ0v) is 21.3. The average Bonchev–Trinajstić information content (AvgIpc) is 2.98. The highest BCUT2D eigenvalue weighted by Gasteiger charge is 2.32. The largest absolute Gasteiger partial charge is 0.394 e. The summed E-state index contributed by atoms with van der Waals surface area (Å²) in [6.45, 7) is 2.83. The fraction of sp³-hybridized carbons (Fsp3) is 0.233. The number of fused-ring (bicyclic) bond motifs is 2. The number of rotatable bonds is 6. The van der Waals surface area contributed by atoms with Gasteiger partial charge in [-0.1, -0.05) is 24.3 Å². The molecule has 2 amide bonds. The molecule has 2 aliphatic rings. The van der Waals surface area contributed by atoms with Gasteiger partial charge in [-0.2, -0.15) is 0 Å². The first kappa shape index (κ1) is 26.0. The minimum Gasteiger partial charge on any atom is -0.394 e. The van der Waals surface area contributed by atoms with Gasteiger partial charge in [0.1, 0.15) is 6.04 Å². The van der Waals surface area contributed by atoms with Crippen LogP contribution in [-0.4, -0.2) is 78.0 Å². The lowest BCUT2D eigenvalue weighted by atomic mass is 9.83. The number of carbonyl (C=O) groups excluding carboxylic acids is 5. The Labute approximate surface area is 225 Å². The van der Waals surface area contributed by atoms with Crippen LogP contribution < -0.4 is 10.2 Å². The van der Waals surface area contributed by atoms with E-state index in [0.717, 1.165) is 5.69 Å². The van der Waals surface area contributed by atoms with Crippen LogP contribution in [0.25, 0.3) is 0 Å². The van der Waals surface area contributed by atoms with Crippen LogP contribution in [-0.2, 0) is 4.79 Å². The van der Waals surface area contributed by atoms with Crippen LogP contribution in [0.1, 0.15) is 59.5 Å². The molecule has 0 saturated carbocycles. The molecule has 198 valence electrons. The predicted octanol–water partition coefficient (Wildman–Crippen LogP) is 2.10. The molecule has 0 spiro atoms. The molecule has 1 aliphatic heterocycles. The van der Waals surface area contributed by atoms with E-state index in [1.807, 2.05) is 12.1 Å². The van der Waals surface area contributed by atoms with Gasteiger partial charge in [0.2, 0.25) is 5.91 Å². The third kappa shape index (κ3) is 4.96. The number of amides is 2. The predicted molar refractivity (Wildman–Crippen MR) is 143 cm³/mol. The Morgan fingerprint density at radius 3 is 1.95 bits per heavy atom. The van der Waals surface area contributed by atoms with Gasteiger partial charge in [0, 0.05) is 65.2 Å². The van der Waals surface area contributed by atoms with Crippen LogP contribution >= 0.6 is 0 Å². The first-order valence-electron chi connectivity index (χ1n) is 12.7. The summed E-state index contributed by atoms with van der Waals surface area (Å²) in [4.78, 5) is 67.2. The molecule has 1 saturated heterocycles. The van der Waals surface area contributed by atoms with E-state index in [4.69, 9.17) is 0 Å². The van der Waals surface area contributed by atoms with Gasteiger partial charge in [-0.15, -0.1) is 0 Å². The van der Waals surface area contributed by atoms with E-state index in [0.29, 0.717) is 37.3 Å². The third-order valence-electron chi connectivity index (χ3n) is 7.20.